The van der Waals surface area contributed by atoms with Crippen LogP contribution in [0.25, 0.3) is 0 Å². The standard InChI is InChI=1S/C22H23F4N3O/c23-17-4-18(24)21(26)20(25)16(17)11-29-10-15(9-27-29)28-19(30)8-22-5-12-1-13(6-22)3-14(2-12)7-22/h4,9-10,12-14H,1-3,5-8,11H2,(H,28,30). The number of amides is 1. The molecule has 2 aromatic rings. The fraction of sp³-hybridized carbons (Fsp3) is 0.545. The average molecular weight is 421 g/mol. The first kappa shape index (κ1) is 19.6. The van der Waals surface area contributed by atoms with E-state index in [-0.39, 0.29) is 11.3 Å². The second-order valence-corrected chi connectivity index (χ2v) is 9.52. The molecule has 4 nitrogen and oxygen atoms in total. The molecule has 30 heavy (non-hydrogen) atoms. The molecule has 6 rings (SSSR count). The minimum atomic E-state index is -1.72. The summed E-state index contributed by atoms with van der Waals surface area (Å²) in [6.45, 7) is -0.417. The molecule has 4 aliphatic carbocycles. The van der Waals surface area contributed by atoms with Gasteiger partial charge >= 0.3 is 0 Å². The van der Waals surface area contributed by atoms with Crippen molar-refractivity contribution in [3.05, 3.63) is 47.3 Å². The van der Waals surface area contributed by atoms with Gasteiger partial charge in [0.25, 0.3) is 0 Å². The molecule has 0 spiro atoms. The maximum absolute atomic E-state index is 13.9. The van der Waals surface area contributed by atoms with Crippen LogP contribution in [0.3, 0.4) is 0 Å². The van der Waals surface area contributed by atoms with Crippen LogP contribution in [0.2, 0.25) is 0 Å². The van der Waals surface area contributed by atoms with Gasteiger partial charge in [-0.25, -0.2) is 17.6 Å². The van der Waals surface area contributed by atoms with Crippen LogP contribution in [-0.2, 0) is 11.3 Å². The lowest BCUT2D eigenvalue weighted by Gasteiger charge is -2.56. The second kappa shape index (κ2) is 7.10. The van der Waals surface area contributed by atoms with Crippen LogP contribution in [0.15, 0.2) is 18.5 Å². The zero-order chi connectivity index (χ0) is 21.0. The number of aromatic nitrogens is 2. The molecule has 1 N–H and O–H groups in total. The van der Waals surface area contributed by atoms with Gasteiger partial charge in [-0.15, -0.1) is 0 Å². The lowest BCUT2D eigenvalue weighted by atomic mass is 9.49. The smallest absolute Gasteiger partial charge is 0.225 e. The van der Waals surface area contributed by atoms with E-state index in [1.54, 1.807) is 0 Å². The summed E-state index contributed by atoms with van der Waals surface area (Å²) in [7, 11) is 0. The SMILES string of the molecule is O=C(CC12CC3CC(CC(C3)C1)C2)Nc1cnn(Cc2c(F)cc(F)c(F)c2F)c1. The third kappa shape index (κ3) is 3.50. The van der Waals surface area contributed by atoms with Crippen molar-refractivity contribution in [1.29, 1.82) is 0 Å². The van der Waals surface area contributed by atoms with Crippen molar-refractivity contribution in [1.82, 2.24) is 9.78 Å². The summed E-state index contributed by atoms with van der Waals surface area (Å²) in [5.74, 6) is -3.87. The fourth-order valence-corrected chi connectivity index (χ4v) is 6.48. The minimum Gasteiger partial charge on any atom is -0.323 e. The fourth-order valence-electron chi connectivity index (χ4n) is 6.48. The Kier molecular flexibility index (Phi) is 4.63. The number of nitrogens with one attached hydrogen (secondary N) is 1. The van der Waals surface area contributed by atoms with Gasteiger partial charge < -0.3 is 5.32 Å². The van der Waals surface area contributed by atoms with E-state index in [4.69, 9.17) is 0 Å². The van der Waals surface area contributed by atoms with Gasteiger partial charge in [-0.05, 0) is 61.7 Å². The number of rotatable bonds is 5. The Morgan fingerprint density at radius 3 is 2.30 bits per heavy atom. The van der Waals surface area contributed by atoms with E-state index in [1.165, 1.54) is 36.3 Å². The van der Waals surface area contributed by atoms with E-state index in [9.17, 15) is 22.4 Å². The normalized spacial score (nSPS) is 29.4. The van der Waals surface area contributed by atoms with Crippen LogP contribution >= 0.6 is 0 Å². The van der Waals surface area contributed by atoms with Crippen molar-refractivity contribution in [2.24, 2.45) is 23.2 Å². The van der Waals surface area contributed by atoms with Gasteiger partial charge in [-0.3, -0.25) is 9.48 Å². The number of hydrogen-bond donors (Lipinski definition) is 1. The number of carbonyl (C=O) groups excluding carboxylic acids is 1. The number of hydrogen-bond acceptors (Lipinski definition) is 2. The molecule has 0 radical (unpaired) electrons. The summed E-state index contributed by atoms with van der Waals surface area (Å²) >= 11 is 0. The number of nitrogens with zero attached hydrogens (tertiary/aromatic N) is 2. The van der Waals surface area contributed by atoms with Gasteiger partial charge in [0.1, 0.15) is 5.82 Å². The van der Waals surface area contributed by atoms with Crippen LogP contribution in [0, 0.1) is 46.4 Å². The summed E-state index contributed by atoms with van der Waals surface area (Å²) in [5, 5.41) is 6.81. The van der Waals surface area contributed by atoms with E-state index in [0.717, 1.165) is 37.0 Å². The zero-order valence-corrected chi connectivity index (χ0v) is 16.4. The van der Waals surface area contributed by atoms with Crippen LogP contribution in [0.1, 0.15) is 50.5 Å². The molecule has 4 saturated carbocycles. The summed E-state index contributed by atoms with van der Waals surface area (Å²) in [4.78, 5) is 12.7. The van der Waals surface area contributed by atoms with E-state index < -0.39 is 35.4 Å². The average Bonchev–Trinajstić information content (AvgIpc) is 3.08. The van der Waals surface area contributed by atoms with Gasteiger partial charge in [0.05, 0.1) is 18.4 Å². The lowest BCUT2D eigenvalue weighted by Crippen LogP contribution is -2.47. The first-order valence-electron chi connectivity index (χ1n) is 10.4. The maximum Gasteiger partial charge on any atom is 0.225 e. The highest BCUT2D eigenvalue weighted by Gasteiger charge is 2.51. The Hall–Kier alpha value is -2.38. The summed E-state index contributed by atoms with van der Waals surface area (Å²) in [6.07, 6.45) is 10.6. The molecule has 0 unspecified atom stereocenters. The molecule has 0 aliphatic heterocycles. The topological polar surface area (TPSA) is 46.9 Å². The molecular weight excluding hydrogens is 398 g/mol. The molecule has 0 saturated heterocycles. The zero-order valence-electron chi connectivity index (χ0n) is 16.4. The third-order valence-corrected chi connectivity index (χ3v) is 7.15. The van der Waals surface area contributed by atoms with Crippen molar-refractivity contribution in [2.45, 2.75) is 51.5 Å². The molecular formula is C22H23F4N3O. The van der Waals surface area contributed by atoms with Crippen molar-refractivity contribution >= 4 is 11.6 Å². The Morgan fingerprint density at radius 2 is 1.67 bits per heavy atom. The molecule has 4 bridgehead atoms. The summed E-state index contributed by atoms with van der Waals surface area (Å²) in [6, 6.07) is 0.311. The third-order valence-electron chi connectivity index (χ3n) is 7.15. The van der Waals surface area contributed by atoms with Crippen molar-refractivity contribution in [2.75, 3.05) is 5.32 Å². The summed E-state index contributed by atoms with van der Waals surface area (Å²) < 4.78 is 55.4. The van der Waals surface area contributed by atoms with E-state index in [1.807, 2.05) is 0 Å². The van der Waals surface area contributed by atoms with Crippen LogP contribution in [0.5, 0.6) is 0 Å². The first-order valence-corrected chi connectivity index (χ1v) is 10.4. The Balaban J connectivity index is 1.25. The highest BCUT2D eigenvalue weighted by atomic mass is 19.2. The van der Waals surface area contributed by atoms with E-state index in [0.29, 0.717) is 18.2 Å². The second-order valence-electron chi connectivity index (χ2n) is 9.52. The Morgan fingerprint density at radius 1 is 1.03 bits per heavy atom. The lowest BCUT2D eigenvalue weighted by molar-refractivity contribution is -0.124. The van der Waals surface area contributed by atoms with E-state index >= 15 is 0 Å². The maximum atomic E-state index is 13.9. The molecule has 8 heteroatoms. The highest BCUT2D eigenvalue weighted by Crippen LogP contribution is 2.61. The van der Waals surface area contributed by atoms with Gasteiger partial charge in [-0.1, -0.05) is 0 Å². The largest absolute Gasteiger partial charge is 0.323 e. The molecule has 4 fully saturated rings. The van der Waals surface area contributed by atoms with Crippen molar-refractivity contribution in [3.8, 4) is 0 Å². The number of anilines is 1. The monoisotopic (exact) mass is 421 g/mol. The first-order chi connectivity index (χ1) is 14.3. The highest BCUT2D eigenvalue weighted by molar-refractivity contribution is 5.90. The molecule has 160 valence electrons. The molecule has 1 heterocycles. The minimum absolute atomic E-state index is 0.0818. The van der Waals surface area contributed by atoms with Gasteiger partial charge in [0.15, 0.2) is 17.5 Å². The van der Waals surface area contributed by atoms with Crippen LogP contribution in [0.4, 0.5) is 23.2 Å². The predicted octanol–water partition coefficient (Wildman–Crippen LogP) is 5.03. The molecule has 0 atom stereocenters. The van der Waals surface area contributed by atoms with Crippen molar-refractivity contribution < 1.29 is 22.4 Å². The van der Waals surface area contributed by atoms with Crippen LogP contribution < -0.4 is 5.32 Å². The Bertz CT molecular complexity index is 967. The Labute approximate surface area is 171 Å². The quantitative estimate of drug-likeness (QED) is 0.418. The molecule has 1 amide bonds. The number of benzene rings is 1. The number of halogens is 4. The molecule has 4 aliphatic rings. The molecule has 1 aromatic carbocycles. The van der Waals surface area contributed by atoms with Gasteiger partial charge in [0, 0.05) is 24.2 Å². The van der Waals surface area contributed by atoms with Crippen LogP contribution in [-0.4, -0.2) is 15.7 Å². The van der Waals surface area contributed by atoms with Gasteiger partial charge in [0.2, 0.25) is 5.91 Å². The van der Waals surface area contributed by atoms with E-state index in [2.05, 4.69) is 10.4 Å². The summed E-state index contributed by atoms with van der Waals surface area (Å²) in [5.41, 5.74) is -0.108. The number of carbonyl (C=O) groups is 1. The van der Waals surface area contributed by atoms with Crippen molar-refractivity contribution in [3.63, 3.8) is 0 Å². The predicted molar refractivity (Wildman–Crippen MR) is 101 cm³/mol. The van der Waals surface area contributed by atoms with Gasteiger partial charge in [-0.2, -0.15) is 5.10 Å². The molecule has 1 aromatic heterocycles.